The molecule has 4 heterocycles. The monoisotopic (exact) mass is 590 g/mol. The molecule has 0 aliphatic carbocycles. The molecule has 0 spiro atoms. The molecular formula is C28H35AsN8O2. The van der Waals surface area contributed by atoms with Gasteiger partial charge in [0.25, 0.3) is 0 Å². The molecule has 1 atom stereocenters. The molecule has 4 aromatic rings. The van der Waals surface area contributed by atoms with E-state index >= 15 is 0 Å². The van der Waals surface area contributed by atoms with Crippen molar-refractivity contribution in [2.45, 2.75) is 32.9 Å². The number of imidazole rings is 1. The third-order valence-electron chi connectivity index (χ3n) is 6.34. The van der Waals surface area contributed by atoms with Gasteiger partial charge < -0.3 is 0 Å². The van der Waals surface area contributed by atoms with Crippen molar-refractivity contribution >= 4 is 47.8 Å². The van der Waals surface area contributed by atoms with Gasteiger partial charge in [-0.3, -0.25) is 0 Å². The number of anilines is 1. The Bertz CT molecular complexity index is 1460. The Kier molecular flexibility index (Phi) is 7.86. The van der Waals surface area contributed by atoms with Gasteiger partial charge in [-0.2, -0.15) is 0 Å². The standard InChI is InChI=1S/C28H35AsN8O2/c1-28(2,3)39-27(38)37-14-12-36(13-15-37)18-19-8-10-30-23(16-19)29-26-32-21-7-6-20(17-22(21)33-26)25-31-11-9-24(34-25)35(4)5/h6-11,16-17,29H,12-15,18H2,1-5H3,(H,32,33). The Hall–Kier alpha value is -3.49. The van der Waals surface area contributed by atoms with Gasteiger partial charge in [0, 0.05) is 0 Å². The van der Waals surface area contributed by atoms with Crippen molar-refractivity contribution in [3.63, 3.8) is 0 Å². The molecule has 1 fully saturated rings. The summed E-state index contributed by atoms with van der Waals surface area (Å²) >= 11 is -0.735. The summed E-state index contributed by atoms with van der Waals surface area (Å²) in [4.78, 5) is 40.6. The second kappa shape index (κ2) is 11.3. The molecule has 1 unspecified atom stereocenters. The number of nitrogens with one attached hydrogen (secondary N) is 1. The molecule has 1 aliphatic rings. The number of hydrogen-bond acceptors (Lipinski definition) is 8. The Morgan fingerprint density at radius 1 is 1.03 bits per heavy atom. The van der Waals surface area contributed by atoms with E-state index in [1.54, 1.807) is 11.1 Å². The third kappa shape index (κ3) is 6.94. The summed E-state index contributed by atoms with van der Waals surface area (Å²) in [7, 11) is 3.94. The summed E-state index contributed by atoms with van der Waals surface area (Å²) in [5, 5.41) is 0. The molecule has 0 bridgehead atoms. The van der Waals surface area contributed by atoms with E-state index in [4.69, 9.17) is 9.72 Å². The van der Waals surface area contributed by atoms with Crippen LogP contribution in [0.25, 0.3) is 22.4 Å². The first-order chi connectivity index (χ1) is 18.6. The number of hydrogen-bond donors (Lipinski definition) is 1. The van der Waals surface area contributed by atoms with Gasteiger partial charge in [-0.1, -0.05) is 0 Å². The van der Waals surface area contributed by atoms with E-state index in [1.165, 1.54) is 5.56 Å². The zero-order chi connectivity index (χ0) is 27.6. The first-order valence-corrected chi connectivity index (χ1v) is 15.2. The van der Waals surface area contributed by atoms with Gasteiger partial charge in [-0.25, -0.2) is 0 Å². The van der Waals surface area contributed by atoms with Crippen LogP contribution in [0.5, 0.6) is 0 Å². The average Bonchev–Trinajstić information content (AvgIpc) is 3.30. The predicted octanol–water partition coefficient (Wildman–Crippen LogP) is 1.92. The van der Waals surface area contributed by atoms with Gasteiger partial charge in [0.05, 0.1) is 0 Å². The first-order valence-electron chi connectivity index (χ1n) is 13.1. The van der Waals surface area contributed by atoms with Gasteiger partial charge in [0.1, 0.15) is 0 Å². The van der Waals surface area contributed by atoms with Crippen molar-refractivity contribution < 1.29 is 9.53 Å². The summed E-state index contributed by atoms with van der Waals surface area (Å²) in [6.07, 6.45) is 3.44. The number of H-pyrrole nitrogens is 1. The van der Waals surface area contributed by atoms with Gasteiger partial charge in [-0.15, -0.1) is 0 Å². The van der Waals surface area contributed by atoms with E-state index in [0.29, 0.717) is 18.9 Å². The van der Waals surface area contributed by atoms with E-state index < -0.39 is 21.4 Å². The Balaban J connectivity index is 1.22. The molecule has 3 aromatic heterocycles. The number of piperazine rings is 1. The predicted molar refractivity (Wildman–Crippen MR) is 155 cm³/mol. The molecule has 11 heteroatoms. The summed E-state index contributed by atoms with van der Waals surface area (Å²) < 4.78 is 7.59. The maximum absolute atomic E-state index is 12.4. The molecule has 1 N–H and O–H groups in total. The minimum absolute atomic E-state index is 0.230. The van der Waals surface area contributed by atoms with Crippen molar-refractivity contribution in [3.8, 4) is 11.4 Å². The summed E-state index contributed by atoms with van der Waals surface area (Å²) in [6.45, 7) is 9.51. The summed E-state index contributed by atoms with van der Waals surface area (Å²) in [5.41, 5.74) is 3.61. The number of pyridine rings is 1. The number of carbonyl (C=O) groups excluding carboxylic acids is 1. The Morgan fingerprint density at radius 2 is 1.79 bits per heavy atom. The number of aromatic amines is 1. The zero-order valence-electron chi connectivity index (χ0n) is 23.1. The third-order valence-corrected chi connectivity index (χ3v) is 8.44. The Labute approximate surface area is 235 Å². The van der Waals surface area contributed by atoms with Gasteiger partial charge in [0.15, 0.2) is 0 Å². The molecule has 1 amide bonds. The minimum atomic E-state index is -0.735. The fraction of sp³-hybridized carbons (Fsp3) is 0.393. The molecule has 5 rings (SSSR count). The second-order valence-electron chi connectivity index (χ2n) is 10.9. The van der Waals surface area contributed by atoms with Gasteiger partial charge in [0.2, 0.25) is 0 Å². The molecule has 0 radical (unpaired) electrons. The first kappa shape index (κ1) is 27.1. The molecule has 1 aliphatic heterocycles. The van der Waals surface area contributed by atoms with E-state index in [-0.39, 0.29) is 6.09 Å². The maximum atomic E-state index is 12.4. The second-order valence-corrected chi connectivity index (χ2v) is 13.5. The molecule has 204 valence electrons. The molecule has 1 saturated heterocycles. The Morgan fingerprint density at radius 3 is 2.54 bits per heavy atom. The van der Waals surface area contributed by atoms with Crippen molar-refractivity contribution in [1.29, 1.82) is 0 Å². The topological polar surface area (TPSA) is 103 Å². The van der Waals surface area contributed by atoms with E-state index in [1.807, 2.05) is 64.2 Å². The van der Waals surface area contributed by atoms with Crippen LogP contribution in [0.3, 0.4) is 0 Å². The van der Waals surface area contributed by atoms with Crippen molar-refractivity contribution in [2.75, 3.05) is 45.2 Å². The van der Waals surface area contributed by atoms with Crippen LogP contribution in [0.1, 0.15) is 26.3 Å². The number of fused-ring (bicyclic) bond motifs is 1. The molecule has 1 aromatic carbocycles. The number of ether oxygens (including phenoxy) is 1. The van der Waals surface area contributed by atoms with Crippen LogP contribution >= 0.6 is 0 Å². The molecule has 39 heavy (non-hydrogen) atoms. The molecule has 10 nitrogen and oxygen atoms in total. The number of nitrogens with zero attached hydrogens (tertiary/aromatic N) is 7. The number of carbonyl (C=O) groups is 1. The van der Waals surface area contributed by atoms with Crippen LogP contribution in [0, 0.1) is 0 Å². The normalized spacial score (nSPS) is 14.8. The fourth-order valence-corrected chi connectivity index (χ4v) is 6.51. The summed E-state index contributed by atoms with van der Waals surface area (Å²) in [5.74, 6) is 1.56. The van der Waals surface area contributed by atoms with Gasteiger partial charge in [-0.05, 0) is 0 Å². The number of benzene rings is 1. The zero-order valence-corrected chi connectivity index (χ0v) is 25.2. The number of amides is 1. The summed E-state index contributed by atoms with van der Waals surface area (Å²) in [6, 6.07) is 12.3. The number of rotatable bonds is 6. The van der Waals surface area contributed by atoms with E-state index in [2.05, 4.69) is 43.0 Å². The quantitative estimate of drug-likeness (QED) is 0.340. The molecule has 0 saturated carbocycles. The average molecular weight is 591 g/mol. The molecular weight excluding hydrogens is 555 g/mol. The van der Waals surface area contributed by atoms with Crippen LogP contribution in [-0.4, -0.2) is 102 Å². The van der Waals surface area contributed by atoms with Crippen molar-refractivity contribution in [3.05, 3.63) is 54.4 Å². The SMILES string of the molecule is CN(C)c1ccnc(-c2ccc3nc([AsH]c4cc(CN5CCN(C(=O)OC(C)(C)C)CC5)ccn4)[nH]c3c2)n1. The van der Waals surface area contributed by atoms with E-state index in [0.717, 1.165) is 51.1 Å². The van der Waals surface area contributed by atoms with Crippen LogP contribution < -0.4 is 14.0 Å². The van der Waals surface area contributed by atoms with Crippen LogP contribution in [0.4, 0.5) is 10.6 Å². The van der Waals surface area contributed by atoms with Gasteiger partial charge >= 0.3 is 236 Å². The van der Waals surface area contributed by atoms with Crippen molar-refractivity contribution in [2.24, 2.45) is 0 Å². The van der Waals surface area contributed by atoms with Crippen LogP contribution in [0.2, 0.25) is 0 Å². The van der Waals surface area contributed by atoms with E-state index in [9.17, 15) is 4.79 Å². The fourth-order valence-electron chi connectivity index (χ4n) is 4.38. The number of aromatic nitrogens is 5. The van der Waals surface area contributed by atoms with Crippen LogP contribution in [0.15, 0.2) is 48.8 Å². The van der Waals surface area contributed by atoms with Crippen LogP contribution in [-0.2, 0) is 11.3 Å². The van der Waals surface area contributed by atoms with Crippen molar-refractivity contribution in [1.82, 2.24) is 34.7 Å².